The van der Waals surface area contributed by atoms with Gasteiger partial charge in [0.25, 0.3) is 5.82 Å². The van der Waals surface area contributed by atoms with Crippen molar-refractivity contribution < 1.29 is 9.36 Å². The van der Waals surface area contributed by atoms with Gasteiger partial charge in [0.1, 0.15) is 0 Å². The van der Waals surface area contributed by atoms with E-state index in [2.05, 4.69) is 9.88 Å². The highest BCUT2D eigenvalue weighted by Gasteiger charge is 2.29. The summed E-state index contributed by atoms with van der Waals surface area (Å²) in [5.41, 5.74) is 0. The number of amides is 1. The van der Waals surface area contributed by atoms with Crippen LogP contribution >= 0.6 is 0 Å². The van der Waals surface area contributed by atoms with E-state index in [0.717, 1.165) is 18.8 Å². The Morgan fingerprint density at radius 3 is 3.13 bits per heavy atom. The van der Waals surface area contributed by atoms with Gasteiger partial charge in [-0.2, -0.15) is 0 Å². The van der Waals surface area contributed by atoms with E-state index >= 15 is 0 Å². The first-order chi connectivity index (χ1) is 7.20. The van der Waals surface area contributed by atoms with Crippen molar-refractivity contribution in [3.05, 3.63) is 24.4 Å². The number of nitrogens with zero attached hydrogens (tertiary/aromatic N) is 2. The summed E-state index contributed by atoms with van der Waals surface area (Å²) >= 11 is 0. The molecule has 0 aliphatic carbocycles. The van der Waals surface area contributed by atoms with Gasteiger partial charge in [0.2, 0.25) is 5.91 Å². The summed E-state index contributed by atoms with van der Waals surface area (Å²) in [6.07, 6.45) is 3.09. The van der Waals surface area contributed by atoms with Crippen LogP contribution in [0.4, 0.5) is 5.82 Å². The maximum Gasteiger partial charge on any atom is 0.276 e. The van der Waals surface area contributed by atoms with Gasteiger partial charge in [0.05, 0.1) is 12.7 Å². The lowest BCUT2D eigenvalue weighted by molar-refractivity contribution is -0.730. The molecule has 1 atom stereocenters. The van der Waals surface area contributed by atoms with Crippen LogP contribution in [0.3, 0.4) is 0 Å². The molecule has 0 spiro atoms. The average Bonchev–Trinajstić information content (AvgIpc) is 2.27. The minimum Gasteiger partial charge on any atom is -0.307 e. The minimum atomic E-state index is 0.101. The van der Waals surface area contributed by atoms with Gasteiger partial charge < -0.3 is 4.90 Å². The molecule has 0 saturated carbocycles. The van der Waals surface area contributed by atoms with Gasteiger partial charge in [-0.3, -0.25) is 10.1 Å². The van der Waals surface area contributed by atoms with Crippen LogP contribution in [0.25, 0.3) is 0 Å². The summed E-state index contributed by atoms with van der Waals surface area (Å²) in [6.45, 7) is 2.51. The third kappa shape index (κ3) is 1.79. The maximum absolute atomic E-state index is 11.3. The summed E-state index contributed by atoms with van der Waals surface area (Å²) in [5.74, 6) is 1.17. The Kier molecular flexibility index (Phi) is 2.58. The summed E-state index contributed by atoms with van der Waals surface area (Å²) in [6, 6.07) is 6.01. The summed E-state index contributed by atoms with van der Waals surface area (Å²) in [4.78, 5) is 13.1. The van der Waals surface area contributed by atoms with Gasteiger partial charge in [-0.1, -0.05) is 6.07 Å². The Hall–Kier alpha value is -1.58. The second-order valence-electron chi connectivity index (χ2n) is 3.82. The molecule has 2 rings (SSSR count). The summed E-state index contributed by atoms with van der Waals surface area (Å²) < 4.78 is 2.10. The molecular formula is C11H16N3O+. The van der Waals surface area contributed by atoms with Crippen LogP contribution in [-0.2, 0) is 4.79 Å². The largest absolute Gasteiger partial charge is 0.307 e. The molecule has 0 bridgehead atoms. The van der Waals surface area contributed by atoms with Crippen LogP contribution in [0, 0.1) is 0 Å². The molecule has 0 aromatic carbocycles. The number of rotatable bonds is 1. The molecule has 4 heteroatoms. The lowest BCUT2D eigenvalue weighted by atomic mass is 10.2. The van der Waals surface area contributed by atoms with Gasteiger partial charge in [0, 0.05) is 26.5 Å². The monoisotopic (exact) mass is 206 g/mol. The fourth-order valence-corrected chi connectivity index (χ4v) is 1.92. The molecule has 1 aromatic rings. The molecule has 0 radical (unpaired) electrons. The normalized spacial score (nSPS) is 18.9. The van der Waals surface area contributed by atoms with Crippen LogP contribution in [-0.4, -0.2) is 24.4 Å². The highest BCUT2D eigenvalue weighted by Crippen LogP contribution is 2.16. The van der Waals surface area contributed by atoms with Crippen molar-refractivity contribution in [2.75, 3.05) is 18.9 Å². The van der Waals surface area contributed by atoms with Gasteiger partial charge in [-0.15, -0.1) is 0 Å². The lowest BCUT2D eigenvalue weighted by Crippen LogP contribution is -2.54. The highest BCUT2D eigenvalue weighted by atomic mass is 16.2. The van der Waals surface area contributed by atoms with Crippen LogP contribution in [0.1, 0.15) is 19.5 Å². The van der Waals surface area contributed by atoms with E-state index in [-0.39, 0.29) is 12.1 Å². The minimum absolute atomic E-state index is 0.101. The Labute approximate surface area is 89.5 Å². The zero-order chi connectivity index (χ0) is 10.8. The predicted octanol–water partition coefficient (Wildman–Crippen LogP) is 0.767. The van der Waals surface area contributed by atoms with Gasteiger partial charge in [-0.05, 0) is 6.07 Å². The fraction of sp³-hybridized carbons (Fsp3) is 0.455. The van der Waals surface area contributed by atoms with E-state index < -0.39 is 0 Å². The van der Waals surface area contributed by atoms with Crippen molar-refractivity contribution in [1.29, 1.82) is 0 Å². The van der Waals surface area contributed by atoms with E-state index in [1.807, 2.05) is 31.4 Å². The quantitative estimate of drug-likeness (QED) is 0.689. The van der Waals surface area contributed by atoms with E-state index in [4.69, 9.17) is 0 Å². The van der Waals surface area contributed by atoms with Crippen LogP contribution in [0.5, 0.6) is 0 Å². The number of carbonyl (C=O) groups excluding carboxylic acids is 1. The van der Waals surface area contributed by atoms with Gasteiger partial charge >= 0.3 is 0 Å². The smallest absolute Gasteiger partial charge is 0.276 e. The Morgan fingerprint density at radius 2 is 2.40 bits per heavy atom. The van der Waals surface area contributed by atoms with Gasteiger partial charge in [-0.25, -0.2) is 4.57 Å². The molecule has 1 aliphatic rings. The third-order valence-corrected chi connectivity index (χ3v) is 2.86. The van der Waals surface area contributed by atoms with E-state index in [1.165, 1.54) is 0 Å². The molecule has 1 aromatic heterocycles. The van der Waals surface area contributed by atoms with Gasteiger partial charge in [0.15, 0.2) is 6.17 Å². The molecule has 0 fully saturated rings. The molecule has 1 aliphatic heterocycles. The van der Waals surface area contributed by atoms with Crippen molar-refractivity contribution in [2.45, 2.75) is 19.5 Å². The topological polar surface area (TPSA) is 36.2 Å². The SMILES string of the molecule is CC(=O)N(C)C1CCNc2cccc[n+]21. The molecular weight excluding hydrogens is 190 g/mol. The molecule has 1 N–H and O–H groups in total. The predicted molar refractivity (Wildman–Crippen MR) is 57.2 cm³/mol. The summed E-state index contributed by atoms with van der Waals surface area (Å²) in [5, 5.41) is 3.31. The van der Waals surface area contributed by atoms with E-state index in [0.29, 0.717) is 0 Å². The van der Waals surface area contributed by atoms with Crippen molar-refractivity contribution in [3.63, 3.8) is 0 Å². The number of pyridine rings is 1. The molecule has 1 unspecified atom stereocenters. The first-order valence-corrected chi connectivity index (χ1v) is 5.17. The number of hydrogen-bond acceptors (Lipinski definition) is 2. The zero-order valence-electron chi connectivity index (χ0n) is 9.10. The van der Waals surface area contributed by atoms with Crippen molar-refractivity contribution in [1.82, 2.24) is 4.90 Å². The van der Waals surface area contributed by atoms with Crippen LogP contribution in [0.15, 0.2) is 24.4 Å². The fourth-order valence-electron chi connectivity index (χ4n) is 1.92. The number of hydrogen-bond donors (Lipinski definition) is 1. The molecule has 2 heterocycles. The highest BCUT2D eigenvalue weighted by molar-refractivity contribution is 5.72. The third-order valence-electron chi connectivity index (χ3n) is 2.86. The van der Waals surface area contributed by atoms with Crippen molar-refractivity contribution in [3.8, 4) is 0 Å². The molecule has 1 amide bonds. The standard InChI is InChI=1S/C11H15N3O/c1-9(15)13(2)11-6-7-12-10-5-3-4-8-14(10)11/h3-5,8,11H,6-7H2,1-2H3/p+1. The number of fused-ring (bicyclic) bond motifs is 1. The average molecular weight is 206 g/mol. The van der Waals surface area contributed by atoms with E-state index in [1.54, 1.807) is 11.8 Å². The Bertz CT molecular complexity index is 378. The molecule has 15 heavy (non-hydrogen) atoms. The first-order valence-electron chi connectivity index (χ1n) is 5.17. The zero-order valence-corrected chi connectivity index (χ0v) is 9.10. The number of aromatic nitrogens is 1. The van der Waals surface area contributed by atoms with Crippen LogP contribution in [0.2, 0.25) is 0 Å². The summed E-state index contributed by atoms with van der Waals surface area (Å²) in [7, 11) is 1.85. The van der Waals surface area contributed by atoms with E-state index in [9.17, 15) is 4.79 Å². The number of nitrogens with one attached hydrogen (secondary N) is 1. The number of anilines is 1. The molecule has 0 saturated heterocycles. The van der Waals surface area contributed by atoms with Crippen molar-refractivity contribution in [2.24, 2.45) is 0 Å². The number of carbonyl (C=O) groups is 1. The molecule has 4 nitrogen and oxygen atoms in total. The van der Waals surface area contributed by atoms with Crippen LogP contribution < -0.4 is 9.88 Å². The Morgan fingerprint density at radius 1 is 1.60 bits per heavy atom. The molecule has 80 valence electrons. The lowest BCUT2D eigenvalue weighted by Gasteiger charge is -2.29. The second kappa shape index (κ2) is 3.88. The maximum atomic E-state index is 11.3. The Balaban J connectivity index is 2.33. The first kappa shape index (κ1) is 9.96. The van der Waals surface area contributed by atoms with Crippen molar-refractivity contribution >= 4 is 11.7 Å². The second-order valence-corrected chi connectivity index (χ2v) is 3.82.